The summed E-state index contributed by atoms with van der Waals surface area (Å²) in [4.78, 5) is 45.6. The molecule has 3 aliphatic rings. The first-order valence-electron chi connectivity index (χ1n) is 11.6. The fourth-order valence-electron chi connectivity index (χ4n) is 5.92. The van der Waals surface area contributed by atoms with Gasteiger partial charge in [-0.2, -0.15) is 0 Å². The van der Waals surface area contributed by atoms with E-state index in [0.717, 1.165) is 12.8 Å². The molecule has 8 heteroatoms. The van der Waals surface area contributed by atoms with E-state index in [1.54, 1.807) is 29.0 Å². The normalized spacial score (nSPS) is 32.7. The van der Waals surface area contributed by atoms with E-state index in [-0.39, 0.29) is 30.9 Å². The van der Waals surface area contributed by atoms with Crippen LogP contribution in [0.2, 0.25) is 0 Å². The van der Waals surface area contributed by atoms with Crippen molar-refractivity contribution in [3.05, 3.63) is 25.3 Å². The van der Waals surface area contributed by atoms with Crippen LogP contribution in [0.1, 0.15) is 39.5 Å². The topological polar surface area (TPSA) is 90.4 Å². The number of nitrogens with zero attached hydrogens (tertiary/aromatic N) is 3. The number of likely N-dealkylation sites (N-methyl/N-ethyl adjacent to an activating group) is 1. The number of likely N-dealkylation sites (tertiary alicyclic amines) is 1. The molecule has 0 aromatic heterocycles. The Balaban J connectivity index is 2.03. The van der Waals surface area contributed by atoms with Gasteiger partial charge in [0.2, 0.25) is 17.7 Å². The van der Waals surface area contributed by atoms with Crippen molar-refractivity contribution in [2.45, 2.75) is 56.8 Å². The SMILES string of the molecule is C=CCN(C)C(=O)[C@@H]1[C@H]2C(=O)N(CCO)C(C(=O)N(CC=C)CCCC)C23CC[C@@]1(C)O3. The molecule has 3 saturated heterocycles. The van der Waals surface area contributed by atoms with Gasteiger partial charge in [0, 0.05) is 33.2 Å². The Bertz CT molecular complexity index is 786. The van der Waals surface area contributed by atoms with Crippen LogP contribution in [0.3, 0.4) is 0 Å². The van der Waals surface area contributed by atoms with E-state index in [0.29, 0.717) is 32.5 Å². The van der Waals surface area contributed by atoms with E-state index >= 15 is 0 Å². The lowest BCUT2D eigenvalue weighted by atomic mass is 9.66. The molecule has 0 radical (unpaired) electrons. The van der Waals surface area contributed by atoms with Crippen LogP contribution in [0.5, 0.6) is 0 Å². The molecule has 8 nitrogen and oxygen atoms in total. The average molecular weight is 448 g/mol. The molecule has 2 unspecified atom stereocenters. The first kappa shape index (κ1) is 24.5. The summed E-state index contributed by atoms with van der Waals surface area (Å²) in [7, 11) is 1.69. The molecule has 1 N–H and O–H groups in total. The van der Waals surface area contributed by atoms with Crippen LogP contribution in [0, 0.1) is 11.8 Å². The highest BCUT2D eigenvalue weighted by Gasteiger charge is 2.78. The predicted octanol–water partition coefficient (Wildman–Crippen LogP) is 1.20. The van der Waals surface area contributed by atoms with Crippen molar-refractivity contribution in [3.63, 3.8) is 0 Å². The second-order valence-corrected chi connectivity index (χ2v) is 9.42. The largest absolute Gasteiger partial charge is 0.395 e. The van der Waals surface area contributed by atoms with E-state index in [4.69, 9.17) is 4.74 Å². The van der Waals surface area contributed by atoms with Crippen molar-refractivity contribution >= 4 is 17.7 Å². The van der Waals surface area contributed by atoms with Crippen molar-refractivity contribution in [2.75, 3.05) is 39.8 Å². The molecule has 3 amide bonds. The van der Waals surface area contributed by atoms with Gasteiger partial charge in [0.25, 0.3) is 0 Å². The van der Waals surface area contributed by atoms with Gasteiger partial charge in [-0.3, -0.25) is 14.4 Å². The zero-order valence-corrected chi connectivity index (χ0v) is 19.6. The standard InChI is InChI=1S/C24H37N3O5/c1-6-9-14-26(13-8-3)22(31)19-24-11-10-23(4,32-24)17(20(29)25(5)12-7-2)18(24)21(30)27(19)15-16-28/h7-8,17-19,28H,2-3,6,9-16H2,1,4-5H3/t17-,18-,19?,23+,24?/m0/s1. The molecule has 1 spiro atoms. The lowest BCUT2D eigenvalue weighted by Gasteiger charge is -2.36. The van der Waals surface area contributed by atoms with Gasteiger partial charge < -0.3 is 24.5 Å². The monoisotopic (exact) mass is 447 g/mol. The molecule has 0 saturated carbocycles. The lowest BCUT2D eigenvalue weighted by molar-refractivity contribution is -0.153. The number of β-amino-alcohol motifs (C(OH)–C–C–N with tert-alkyl or cyclic N) is 1. The maximum absolute atomic E-state index is 13.8. The number of carbonyl (C=O) groups is 3. The average Bonchev–Trinajstić information content (AvgIpc) is 3.32. The first-order valence-corrected chi connectivity index (χ1v) is 11.6. The molecule has 3 rings (SSSR count). The first-order chi connectivity index (χ1) is 15.2. The Kier molecular flexibility index (Phi) is 7.15. The summed E-state index contributed by atoms with van der Waals surface area (Å²) in [5, 5.41) is 9.68. The predicted molar refractivity (Wildman–Crippen MR) is 121 cm³/mol. The molecule has 2 bridgehead atoms. The van der Waals surface area contributed by atoms with Crippen LogP contribution in [0.25, 0.3) is 0 Å². The summed E-state index contributed by atoms with van der Waals surface area (Å²) in [5.74, 6) is -2.05. The number of hydrogen-bond donors (Lipinski definition) is 1. The van der Waals surface area contributed by atoms with Crippen LogP contribution >= 0.6 is 0 Å². The molecule has 0 aromatic carbocycles. The molecule has 3 heterocycles. The van der Waals surface area contributed by atoms with Crippen LogP contribution < -0.4 is 0 Å². The Morgan fingerprint density at radius 1 is 1.25 bits per heavy atom. The summed E-state index contributed by atoms with van der Waals surface area (Å²) >= 11 is 0. The number of aliphatic hydroxyl groups excluding tert-OH is 1. The molecule has 0 aromatic rings. The summed E-state index contributed by atoms with van der Waals surface area (Å²) in [6.45, 7) is 12.5. The number of aliphatic hydroxyl groups is 1. The zero-order chi connectivity index (χ0) is 23.7. The molecule has 5 atom stereocenters. The molecule has 178 valence electrons. The molecule has 0 aliphatic carbocycles. The number of rotatable bonds is 11. The Morgan fingerprint density at radius 3 is 2.53 bits per heavy atom. The van der Waals surface area contributed by atoms with E-state index in [2.05, 4.69) is 20.1 Å². The van der Waals surface area contributed by atoms with Gasteiger partial charge in [0.1, 0.15) is 11.6 Å². The maximum Gasteiger partial charge on any atom is 0.248 e. The summed E-state index contributed by atoms with van der Waals surface area (Å²) in [6.07, 6.45) is 6.22. The molecular formula is C24H37N3O5. The van der Waals surface area contributed by atoms with Gasteiger partial charge in [-0.1, -0.05) is 25.5 Å². The van der Waals surface area contributed by atoms with Crippen LogP contribution in [0.4, 0.5) is 0 Å². The molecular weight excluding hydrogens is 410 g/mol. The van der Waals surface area contributed by atoms with Crippen LogP contribution in [0.15, 0.2) is 25.3 Å². The third kappa shape index (κ3) is 3.67. The number of hydrogen-bond acceptors (Lipinski definition) is 5. The minimum atomic E-state index is -1.06. The van der Waals surface area contributed by atoms with Gasteiger partial charge >= 0.3 is 0 Å². The quantitative estimate of drug-likeness (QED) is 0.481. The summed E-state index contributed by atoms with van der Waals surface area (Å²) in [6, 6.07) is -0.853. The number of unbranched alkanes of at least 4 members (excludes halogenated alkanes) is 1. The number of fused-ring (bicyclic) bond motifs is 1. The molecule has 3 aliphatic heterocycles. The fourth-order valence-corrected chi connectivity index (χ4v) is 5.92. The van der Waals surface area contributed by atoms with Crippen molar-refractivity contribution in [2.24, 2.45) is 11.8 Å². The van der Waals surface area contributed by atoms with Gasteiger partial charge in [-0.25, -0.2) is 0 Å². The van der Waals surface area contributed by atoms with Gasteiger partial charge in [-0.05, 0) is 26.2 Å². The van der Waals surface area contributed by atoms with Crippen molar-refractivity contribution in [1.29, 1.82) is 0 Å². The van der Waals surface area contributed by atoms with Gasteiger partial charge in [0.15, 0.2) is 0 Å². The highest BCUT2D eigenvalue weighted by molar-refractivity contribution is 5.99. The minimum Gasteiger partial charge on any atom is -0.395 e. The van der Waals surface area contributed by atoms with E-state index in [9.17, 15) is 19.5 Å². The highest BCUT2D eigenvalue weighted by atomic mass is 16.5. The Labute approximate surface area is 190 Å². The van der Waals surface area contributed by atoms with Crippen molar-refractivity contribution in [3.8, 4) is 0 Å². The van der Waals surface area contributed by atoms with E-state index < -0.39 is 29.1 Å². The van der Waals surface area contributed by atoms with E-state index in [1.165, 1.54) is 4.90 Å². The van der Waals surface area contributed by atoms with Gasteiger partial charge in [0.05, 0.1) is 24.0 Å². The number of ether oxygens (including phenoxy) is 1. The maximum atomic E-state index is 13.8. The smallest absolute Gasteiger partial charge is 0.248 e. The molecule has 3 fully saturated rings. The van der Waals surface area contributed by atoms with Crippen molar-refractivity contribution in [1.82, 2.24) is 14.7 Å². The Hall–Kier alpha value is -2.19. The third-order valence-electron chi connectivity index (χ3n) is 7.34. The zero-order valence-electron chi connectivity index (χ0n) is 19.6. The summed E-state index contributed by atoms with van der Waals surface area (Å²) in [5.41, 5.74) is -1.86. The fraction of sp³-hybridized carbons (Fsp3) is 0.708. The second kappa shape index (κ2) is 9.35. The lowest BCUT2D eigenvalue weighted by Crippen LogP contribution is -2.56. The number of amides is 3. The second-order valence-electron chi connectivity index (χ2n) is 9.42. The van der Waals surface area contributed by atoms with Crippen LogP contribution in [-0.4, -0.2) is 94.6 Å². The minimum absolute atomic E-state index is 0.0344. The van der Waals surface area contributed by atoms with Crippen molar-refractivity contribution < 1.29 is 24.2 Å². The number of carbonyl (C=O) groups excluding carboxylic acids is 3. The Morgan fingerprint density at radius 2 is 1.94 bits per heavy atom. The van der Waals surface area contributed by atoms with Gasteiger partial charge in [-0.15, -0.1) is 13.2 Å². The van der Waals surface area contributed by atoms with Crippen LogP contribution in [-0.2, 0) is 19.1 Å². The highest BCUT2D eigenvalue weighted by Crippen LogP contribution is 2.63. The molecule has 32 heavy (non-hydrogen) atoms. The van der Waals surface area contributed by atoms with E-state index in [1.807, 2.05) is 6.92 Å². The summed E-state index contributed by atoms with van der Waals surface area (Å²) < 4.78 is 6.56. The third-order valence-corrected chi connectivity index (χ3v) is 7.34.